The standard InChI is InChI=1S/C10H16S/c1-7(2)10-5-9(4)11-6-8(10)3/h5-7,9H,1-4H3. The summed E-state index contributed by atoms with van der Waals surface area (Å²) in [5.74, 6) is 0.676. The molecule has 0 saturated heterocycles. The zero-order valence-corrected chi connectivity index (χ0v) is 8.53. The van der Waals surface area contributed by atoms with Crippen molar-refractivity contribution >= 4 is 11.8 Å². The molecule has 1 aliphatic heterocycles. The fourth-order valence-corrected chi connectivity index (χ4v) is 2.13. The Morgan fingerprint density at radius 2 is 2.09 bits per heavy atom. The Bertz CT molecular complexity index is 199. The van der Waals surface area contributed by atoms with Crippen LogP contribution < -0.4 is 0 Å². The molecular weight excluding hydrogens is 152 g/mol. The third kappa shape index (κ3) is 2.13. The topological polar surface area (TPSA) is 0 Å². The Labute approximate surface area is 73.8 Å². The lowest BCUT2D eigenvalue weighted by Crippen LogP contribution is -2.04. The van der Waals surface area contributed by atoms with Gasteiger partial charge in [-0.15, -0.1) is 11.8 Å². The van der Waals surface area contributed by atoms with E-state index in [0.717, 1.165) is 0 Å². The molecule has 0 aliphatic carbocycles. The third-order valence-electron chi connectivity index (χ3n) is 1.95. The smallest absolute Gasteiger partial charge is 0.0246 e. The molecule has 0 bridgehead atoms. The van der Waals surface area contributed by atoms with Crippen LogP contribution in [-0.2, 0) is 0 Å². The van der Waals surface area contributed by atoms with Gasteiger partial charge >= 0.3 is 0 Å². The van der Waals surface area contributed by atoms with E-state index < -0.39 is 0 Å². The second kappa shape index (κ2) is 3.48. The maximum absolute atomic E-state index is 2.38. The van der Waals surface area contributed by atoms with E-state index in [9.17, 15) is 0 Å². The summed E-state index contributed by atoms with van der Waals surface area (Å²) in [6.45, 7) is 8.96. The fourth-order valence-electron chi connectivity index (χ4n) is 1.35. The van der Waals surface area contributed by atoms with Crippen LogP contribution in [0.2, 0.25) is 0 Å². The molecule has 11 heavy (non-hydrogen) atoms. The Morgan fingerprint density at radius 1 is 1.45 bits per heavy atom. The van der Waals surface area contributed by atoms with Crippen molar-refractivity contribution in [1.29, 1.82) is 0 Å². The van der Waals surface area contributed by atoms with Gasteiger partial charge in [0.05, 0.1) is 0 Å². The van der Waals surface area contributed by atoms with Crippen LogP contribution in [-0.4, -0.2) is 5.25 Å². The number of hydrogen-bond acceptors (Lipinski definition) is 1. The molecule has 0 fully saturated rings. The molecule has 1 unspecified atom stereocenters. The molecule has 62 valence electrons. The van der Waals surface area contributed by atoms with Crippen molar-refractivity contribution in [1.82, 2.24) is 0 Å². The predicted molar refractivity (Wildman–Crippen MR) is 53.7 cm³/mol. The van der Waals surface area contributed by atoms with E-state index in [0.29, 0.717) is 11.2 Å². The van der Waals surface area contributed by atoms with Gasteiger partial charge in [0.2, 0.25) is 0 Å². The summed E-state index contributed by atoms with van der Waals surface area (Å²) in [7, 11) is 0. The third-order valence-corrected chi connectivity index (χ3v) is 3.01. The van der Waals surface area contributed by atoms with Gasteiger partial charge in [-0.1, -0.05) is 19.9 Å². The highest BCUT2D eigenvalue weighted by Gasteiger charge is 2.11. The van der Waals surface area contributed by atoms with Crippen LogP contribution in [0.3, 0.4) is 0 Å². The predicted octanol–water partition coefficient (Wildman–Crippen LogP) is 3.61. The minimum atomic E-state index is 0.663. The van der Waals surface area contributed by atoms with E-state index in [1.54, 1.807) is 0 Å². The second-order valence-corrected chi connectivity index (χ2v) is 4.67. The molecule has 1 atom stereocenters. The molecule has 1 aliphatic rings. The largest absolute Gasteiger partial charge is 0.127 e. The van der Waals surface area contributed by atoms with E-state index in [-0.39, 0.29) is 0 Å². The maximum Gasteiger partial charge on any atom is 0.0246 e. The first-order valence-corrected chi connectivity index (χ1v) is 5.10. The van der Waals surface area contributed by atoms with E-state index in [1.807, 2.05) is 11.8 Å². The number of thioether (sulfide) groups is 1. The van der Waals surface area contributed by atoms with Crippen LogP contribution in [0.4, 0.5) is 0 Å². The van der Waals surface area contributed by atoms with Crippen molar-refractivity contribution in [3.05, 3.63) is 22.6 Å². The molecule has 0 aromatic carbocycles. The monoisotopic (exact) mass is 168 g/mol. The van der Waals surface area contributed by atoms with Crippen molar-refractivity contribution < 1.29 is 0 Å². The van der Waals surface area contributed by atoms with Crippen molar-refractivity contribution in [2.75, 3.05) is 0 Å². The highest BCUT2D eigenvalue weighted by molar-refractivity contribution is 8.02. The maximum atomic E-state index is 2.38. The quantitative estimate of drug-likeness (QED) is 0.576. The molecule has 0 radical (unpaired) electrons. The normalized spacial score (nSPS) is 25.0. The molecule has 1 heteroatoms. The molecule has 0 amide bonds. The van der Waals surface area contributed by atoms with E-state index in [1.165, 1.54) is 11.1 Å². The highest BCUT2D eigenvalue weighted by Crippen LogP contribution is 2.30. The minimum Gasteiger partial charge on any atom is -0.127 e. The first-order chi connectivity index (χ1) is 5.11. The lowest BCUT2D eigenvalue weighted by atomic mass is 9.96. The fraction of sp³-hybridized carbons (Fsp3) is 0.600. The van der Waals surface area contributed by atoms with Gasteiger partial charge in [-0.05, 0) is 36.3 Å². The molecule has 0 saturated carbocycles. The van der Waals surface area contributed by atoms with Crippen LogP contribution in [0, 0.1) is 5.92 Å². The molecule has 0 aromatic rings. The molecule has 0 nitrogen and oxygen atoms in total. The van der Waals surface area contributed by atoms with Gasteiger partial charge in [0, 0.05) is 5.25 Å². The van der Waals surface area contributed by atoms with E-state index in [2.05, 4.69) is 39.2 Å². The van der Waals surface area contributed by atoms with Crippen molar-refractivity contribution in [2.45, 2.75) is 32.9 Å². The van der Waals surface area contributed by atoms with Crippen LogP contribution in [0.1, 0.15) is 27.7 Å². The number of allylic oxidation sites excluding steroid dienone is 2. The lowest BCUT2D eigenvalue weighted by Gasteiger charge is -2.19. The summed E-state index contributed by atoms with van der Waals surface area (Å²) < 4.78 is 0. The highest BCUT2D eigenvalue weighted by atomic mass is 32.2. The summed E-state index contributed by atoms with van der Waals surface area (Å²) in [4.78, 5) is 0. The molecule has 1 heterocycles. The van der Waals surface area contributed by atoms with Gasteiger partial charge in [-0.2, -0.15) is 0 Å². The first-order valence-electron chi connectivity index (χ1n) is 4.15. The average Bonchev–Trinajstić information content (AvgIpc) is 1.94. The minimum absolute atomic E-state index is 0.663. The van der Waals surface area contributed by atoms with E-state index in [4.69, 9.17) is 0 Å². The molecular formula is C10H16S. The van der Waals surface area contributed by atoms with Gasteiger partial charge in [-0.3, -0.25) is 0 Å². The van der Waals surface area contributed by atoms with Crippen LogP contribution >= 0.6 is 11.8 Å². The zero-order chi connectivity index (χ0) is 8.43. The first kappa shape index (κ1) is 8.92. The number of rotatable bonds is 1. The SMILES string of the molecule is CC1=CSC(C)C=C1C(C)C. The molecule has 0 spiro atoms. The Morgan fingerprint density at radius 3 is 2.55 bits per heavy atom. The van der Waals surface area contributed by atoms with Gasteiger partial charge in [-0.25, -0.2) is 0 Å². The number of hydrogen-bond donors (Lipinski definition) is 0. The molecule has 0 N–H and O–H groups in total. The summed E-state index contributed by atoms with van der Waals surface area (Å²) in [5.41, 5.74) is 2.97. The Balaban J connectivity index is 2.81. The molecule has 0 aromatic heterocycles. The molecule has 1 rings (SSSR count). The summed E-state index contributed by atoms with van der Waals surface area (Å²) >= 11 is 1.91. The zero-order valence-electron chi connectivity index (χ0n) is 7.72. The Kier molecular flexibility index (Phi) is 2.83. The van der Waals surface area contributed by atoms with Gasteiger partial charge < -0.3 is 0 Å². The van der Waals surface area contributed by atoms with Gasteiger partial charge in [0.1, 0.15) is 0 Å². The van der Waals surface area contributed by atoms with Gasteiger partial charge in [0.25, 0.3) is 0 Å². The lowest BCUT2D eigenvalue weighted by molar-refractivity contribution is 0.771. The van der Waals surface area contributed by atoms with Crippen LogP contribution in [0.25, 0.3) is 0 Å². The second-order valence-electron chi connectivity index (χ2n) is 3.42. The van der Waals surface area contributed by atoms with Crippen molar-refractivity contribution in [3.63, 3.8) is 0 Å². The van der Waals surface area contributed by atoms with Gasteiger partial charge in [0.15, 0.2) is 0 Å². The van der Waals surface area contributed by atoms with E-state index >= 15 is 0 Å². The summed E-state index contributed by atoms with van der Waals surface area (Å²) in [6.07, 6.45) is 2.38. The van der Waals surface area contributed by atoms with Crippen LogP contribution in [0.5, 0.6) is 0 Å². The summed E-state index contributed by atoms with van der Waals surface area (Å²) in [6, 6.07) is 0. The van der Waals surface area contributed by atoms with Crippen molar-refractivity contribution in [3.8, 4) is 0 Å². The van der Waals surface area contributed by atoms with Crippen LogP contribution in [0.15, 0.2) is 22.6 Å². The average molecular weight is 168 g/mol. The Hall–Kier alpha value is -0.170. The summed E-state index contributed by atoms with van der Waals surface area (Å²) in [5, 5.41) is 2.94. The van der Waals surface area contributed by atoms with Crippen molar-refractivity contribution in [2.24, 2.45) is 5.92 Å².